The first kappa shape index (κ1) is 13.8. The summed E-state index contributed by atoms with van der Waals surface area (Å²) in [6.45, 7) is 2.59. The van der Waals surface area contributed by atoms with E-state index in [0.717, 1.165) is 24.8 Å². The Hall–Kier alpha value is -1.84. The van der Waals surface area contributed by atoms with Gasteiger partial charge in [0.25, 0.3) is 5.91 Å². The average molecular weight is 301 g/mol. The lowest BCUT2D eigenvalue weighted by atomic mass is 9.70. The zero-order valence-corrected chi connectivity index (χ0v) is 12.6. The van der Waals surface area contributed by atoms with Gasteiger partial charge in [0.2, 0.25) is 0 Å². The normalized spacial score (nSPS) is 36.5. The molecule has 0 aromatic heterocycles. The molecule has 1 heterocycles. The van der Waals surface area contributed by atoms with E-state index in [1.165, 1.54) is 18.2 Å². The van der Waals surface area contributed by atoms with Gasteiger partial charge in [-0.2, -0.15) is 0 Å². The number of hydrogen-bond donors (Lipinski definition) is 1. The molecule has 0 spiro atoms. The van der Waals surface area contributed by atoms with Crippen LogP contribution in [0.2, 0.25) is 0 Å². The van der Waals surface area contributed by atoms with Crippen molar-refractivity contribution in [1.29, 1.82) is 0 Å². The molecule has 2 fully saturated rings. The van der Waals surface area contributed by atoms with Crippen LogP contribution >= 0.6 is 0 Å². The number of carbonyl (C=O) groups is 1. The molecule has 3 nitrogen and oxygen atoms in total. The number of amides is 1. The van der Waals surface area contributed by atoms with Crippen LogP contribution in [0.3, 0.4) is 0 Å². The quantitative estimate of drug-likeness (QED) is 0.909. The van der Waals surface area contributed by atoms with Crippen molar-refractivity contribution >= 4 is 5.91 Å². The van der Waals surface area contributed by atoms with Gasteiger partial charge in [0.1, 0.15) is 11.6 Å². The highest BCUT2D eigenvalue weighted by atomic mass is 19.1. The summed E-state index contributed by atoms with van der Waals surface area (Å²) in [6.07, 6.45) is 4.74. The number of hydrogen-bond acceptors (Lipinski definition) is 2. The largest absolute Gasteiger partial charge is 0.512 e. The van der Waals surface area contributed by atoms with Crippen molar-refractivity contribution in [1.82, 2.24) is 4.90 Å². The van der Waals surface area contributed by atoms with Crippen molar-refractivity contribution in [3.05, 3.63) is 47.5 Å². The predicted octanol–water partition coefficient (Wildman–Crippen LogP) is 3.41. The van der Waals surface area contributed by atoms with Crippen LogP contribution in [0.4, 0.5) is 4.39 Å². The third kappa shape index (κ3) is 1.76. The molecule has 4 atom stereocenters. The second-order valence-electron chi connectivity index (χ2n) is 7.09. The van der Waals surface area contributed by atoms with Gasteiger partial charge in [-0.25, -0.2) is 4.39 Å². The van der Waals surface area contributed by atoms with Gasteiger partial charge in [-0.15, -0.1) is 0 Å². The molecule has 4 rings (SSSR count). The maximum absolute atomic E-state index is 13.1. The van der Waals surface area contributed by atoms with Crippen LogP contribution in [-0.4, -0.2) is 21.5 Å². The molecule has 2 aliphatic carbocycles. The summed E-state index contributed by atoms with van der Waals surface area (Å²) >= 11 is 0. The lowest BCUT2D eigenvalue weighted by Gasteiger charge is -2.51. The van der Waals surface area contributed by atoms with Gasteiger partial charge < -0.3 is 10.0 Å². The van der Waals surface area contributed by atoms with E-state index in [0.29, 0.717) is 18.4 Å². The van der Waals surface area contributed by atoms with Crippen LogP contribution in [0.15, 0.2) is 36.1 Å². The van der Waals surface area contributed by atoms with Gasteiger partial charge in [0.15, 0.2) is 0 Å². The highest BCUT2D eigenvalue weighted by molar-refractivity contribution is 5.90. The van der Waals surface area contributed by atoms with Crippen LogP contribution in [0.5, 0.6) is 0 Å². The van der Waals surface area contributed by atoms with Crippen LogP contribution < -0.4 is 0 Å². The summed E-state index contributed by atoms with van der Waals surface area (Å²) in [5.74, 6) is 0.848. The number of fused-ring (bicyclic) bond motifs is 5. The molecule has 22 heavy (non-hydrogen) atoms. The molecule has 3 aliphatic rings. The van der Waals surface area contributed by atoms with Gasteiger partial charge >= 0.3 is 0 Å². The predicted molar refractivity (Wildman–Crippen MR) is 80.4 cm³/mol. The first-order valence-corrected chi connectivity index (χ1v) is 7.96. The minimum Gasteiger partial charge on any atom is -0.512 e. The van der Waals surface area contributed by atoms with E-state index in [9.17, 15) is 14.3 Å². The number of nitrogens with zero attached hydrogens (tertiary/aromatic N) is 1. The minimum atomic E-state index is -0.312. The molecule has 116 valence electrons. The number of rotatable bonds is 2. The first-order chi connectivity index (χ1) is 10.5. The maximum atomic E-state index is 13.1. The van der Waals surface area contributed by atoms with Gasteiger partial charge in [-0.1, -0.05) is 12.1 Å². The zero-order chi connectivity index (χ0) is 15.5. The molecular formula is C18H20FNO2. The SMILES string of the molecule is C[C@]12[C@@H]3CC[C@@H](C3)[C@H]1C(O)=CC(=O)N2Cc1ccc(F)cc1. The maximum Gasteiger partial charge on any atom is 0.250 e. The van der Waals surface area contributed by atoms with Crippen LogP contribution in [0, 0.1) is 23.6 Å². The van der Waals surface area contributed by atoms with Crippen LogP contribution in [-0.2, 0) is 11.3 Å². The van der Waals surface area contributed by atoms with Crippen molar-refractivity contribution < 1.29 is 14.3 Å². The number of aliphatic hydroxyl groups excluding tert-OH is 1. The molecule has 2 saturated carbocycles. The third-order valence-corrected chi connectivity index (χ3v) is 6.09. The summed E-state index contributed by atoms with van der Waals surface area (Å²) in [5, 5.41) is 10.3. The zero-order valence-electron chi connectivity index (χ0n) is 12.6. The van der Waals surface area contributed by atoms with E-state index >= 15 is 0 Å². The van der Waals surface area contributed by atoms with E-state index in [2.05, 4.69) is 6.92 Å². The summed E-state index contributed by atoms with van der Waals surface area (Å²) in [5.41, 5.74) is 0.611. The summed E-state index contributed by atoms with van der Waals surface area (Å²) in [7, 11) is 0. The van der Waals surface area contributed by atoms with Crippen molar-refractivity contribution in [3.8, 4) is 0 Å². The summed E-state index contributed by atoms with van der Waals surface area (Å²) < 4.78 is 13.1. The summed E-state index contributed by atoms with van der Waals surface area (Å²) in [4.78, 5) is 14.4. The highest BCUT2D eigenvalue weighted by Crippen LogP contribution is 2.60. The number of carbonyl (C=O) groups excluding carboxylic acids is 1. The van der Waals surface area contributed by atoms with Crippen molar-refractivity contribution in [2.45, 2.75) is 38.3 Å². The third-order valence-electron chi connectivity index (χ3n) is 6.09. The summed E-state index contributed by atoms with van der Waals surface area (Å²) in [6, 6.07) is 6.31. The Morgan fingerprint density at radius 2 is 2.05 bits per heavy atom. The van der Waals surface area contributed by atoms with E-state index in [1.807, 2.05) is 4.90 Å². The van der Waals surface area contributed by atoms with Gasteiger partial charge in [0.05, 0.1) is 5.54 Å². The molecule has 2 bridgehead atoms. The standard InChI is InChI=1S/C18H20FNO2/c1-18-13-5-4-12(8-13)17(18)15(21)9-16(22)20(18)10-11-2-6-14(19)7-3-11/h2-3,6-7,9,12-13,17,21H,4-5,8,10H2,1H3/t12-,13+,17-,18-/m0/s1. The topological polar surface area (TPSA) is 40.5 Å². The number of aliphatic hydroxyl groups is 1. The fourth-order valence-electron chi connectivity index (χ4n) is 5.06. The molecule has 0 unspecified atom stereocenters. The Morgan fingerprint density at radius 3 is 2.77 bits per heavy atom. The molecule has 4 heteroatoms. The first-order valence-electron chi connectivity index (χ1n) is 7.96. The van der Waals surface area contributed by atoms with E-state index in [1.54, 1.807) is 12.1 Å². The molecule has 1 aliphatic heterocycles. The fourth-order valence-corrected chi connectivity index (χ4v) is 5.06. The lowest BCUT2D eigenvalue weighted by Crippen LogP contribution is -2.59. The van der Waals surface area contributed by atoms with Gasteiger partial charge in [-0.05, 0) is 55.7 Å². The highest BCUT2D eigenvalue weighted by Gasteiger charge is 2.62. The van der Waals surface area contributed by atoms with Gasteiger partial charge in [-0.3, -0.25) is 4.79 Å². The monoisotopic (exact) mass is 301 g/mol. The van der Waals surface area contributed by atoms with E-state index in [-0.39, 0.29) is 28.9 Å². The molecule has 1 aromatic carbocycles. The Bertz CT molecular complexity index is 654. The fraction of sp³-hybridized carbons (Fsp3) is 0.500. The Morgan fingerprint density at radius 1 is 1.32 bits per heavy atom. The van der Waals surface area contributed by atoms with Crippen molar-refractivity contribution in [2.75, 3.05) is 0 Å². The van der Waals surface area contributed by atoms with Gasteiger partial charge in [0, 0.05) is 18.5 Å². The van der Waals surface area contributed by atoms with Crippen molar-refractivity contribution in [3.63, 3.8) is 0 Å². The molecule has 1 N–H and O–H groups in total. The average Bonchev–Trinajstić information content (AvgIpc) is 3.05. The number of benzene rings is 1. The second kappa shape index (κ2) is 4.58. The van der Waals surface area contributed by atoms with E-state index < -0.39 is 0 Å². The Labute approximate surface area is 129 Å². The minimum absolute atomic E-state index is 0.0596. The van der Waals surface area contributed by atoms with E-state index in [4.69, 9.17) is 0 Å². The molecule has 1 aromatic rings. The lowest BCUT2D eigenvalue weighted by molar-refractivity contribution is -0.140. The molecule has 0 saturated heterocycles. The van der Waals surface area contributed by atoms with Crippen LogP contribution in [0.1, 0.15) is 31.7 Å². The number of halogens is 1. The molecule has 1 amide bonds. The Kier molecular flexibility index (Phi) is 2.87. The van der Waals surface area contributed by atoms with Crippen molar-refractivity contribution in [2.24, 2.45) is 17.8 Å². The second-order valence-corrected chi connectivity index (χ2v) is 7.09. The van der Waals surface area contributed by atoms with Crippen LogP contribution in [0.25, 0.3) is 0 Å². The molecule has 0 radical (unpaired) electrons. The Balaban J connectivity index is 1.71. The smallest absolute Gasteiger partial charge is 0.250 e. The molecular weight excluding hydrogens is 281 g/mol.